The SMILES string of the molecule is O=C(NCC(F)(F)F)Nc1c(Cl)cc(Cl)cc1C(=O)O. The monoisotopic (exact) mass is 330 g/mol. The molecule has 0 radical (unpaired) electrons. The number of aromatic carboxylic acids is 1. The summed E-state index contributed by atoms with van der Waals surface area (Å²) in [4.78, 5) is 22.2. The minimum Gasteiger partial charge on any atom is -0.478 e. The number of carboxylic acid groups (broad SMARTS) is 1. The van der Waals surface area contributed by atoms with Gasteiger partial charge in [0.1, 0.15) is 6.54 Å². The van der Waals surface area contributed by atoms with E-state index >= 15 is 0 Å². The maximum absolute atomic E-state index is 11.9. The van der Waals surface area contributed by atoms with Crippen LogP contribution in [-0.2, 0) is 0 Å². The van der Waals surface area contributed by atoms with Crippen LogP contribution in [0.1, 0.15) is 10.4 Å². The molecule has 0 atom stereocenters. The van der Waals surface area contributed by atoms with Crippen molar-refractivity contribution in [3.63, 3.8) is 0 Å². The molecule has 0 aliphatic carbocycles. The standard InChI is InChI=1S/C10H7Cl2F3N2O3/c11-4-1-5(8(18)19)7(6(12)2-4)17-9(20)16-3-10(13,14)15/h1-2H,3H2,(H,18,19)(H2,16,17,20). The van der Waals surface area contributed by atoms with E-state index < -0.39 is 30.3 Å². The molecule has 0 spiro atoms. The molecule has 1 aromatic carbocycles. The molecule has 0 heterocycles. The number of hydrogen-bond acceptors (Lipinski definition) is 2. The predicted molar refractivity (Wildman–Crippen MR) is 66.5 cm³/mol. The van der Waals surface area contributed by atoms with Gasteiger partial charge in [0, 0.05) is 5.02 Å². The molecule has 0 aliphatic heterocycles. The summed E-state index contributed by atoms with van der Waals surface area (Å²) >= 11 is 11.3. The second kappa shape index (κ2) is 6.19. The average molecular weight is 331 g/mol. The fraction of sp³-hybridized carbons (Fsp3) is 0.200. The summed E-state index contributed by atoms with van der Waals surface area (Å²) in [5.41, 5.74) is -0.784. The Morgan fingerprint density at radius 2 is 1.85 bits per heavy atom. The van der Waals surface area contributed by atoms with Crippen molar-refractivity contribution in [3.05, 3.63) is 27.7 Å². The number of hydrogen-bond donors (Lipinski definition) is 3. The Morgan fingerprint density at radius 3 is 2.35 bits per heavy atom. The second-order valence-electron chi connectivity index (χ2n) is 3.54. The van der Waals surface area contributed by atoms with E-state index in [2.05, 4.69) is 0 Å². The van der Waals surface area contributed by atoms with Crippen molar-refractivity contribution >= 4 is 40.9 Å². The summed E-state index contributed by atoms with van der Waals surface area (Å²) in [5.74, 6) is -1.44. The summed E-state index contributed by atoms with van der Waals surface area (Å²) in [6.07, 6.45) is -4.59. The highest BCUT2D eigenvalue weighted by atomic mass is 35.5. The number of carbonyl (C=O) groups excluding carboxylic acids is 1. The van der Waals surface area contributed by atoms with E-state index in [1.165, 1.54) is 5.32 Å². The molecule has 2 amide bonds. The maximum Gasteiger partial charge on any atom is 0.405 e. The molecule has 5 nitrogen and oxygen atoms in total. The fourth-order valence-electron chi connectivity index (χ4n) is 1.21. The van der Waals surface area contributed by atoms with E-state index in [4.69, 9.17) is 28.3 Å². The summed E-state index contributed by atoms with van der Waals surface area (Å²) in [7, 11) is 0. The minimum absolute atomic E-state index is 0.00801. The number of anilines is 1. The van der Waals surface area contributed by atoms with Crippen LogP contribution in [0.3, 0.4) is 0 Å². The zero-order valence-electron chi connectivity index (χ0n) is 9.52. The first-order valence-corrected chi connectivity index (χ1v) is 5.69. The molecular formula is C10H7Cl2F3N2O3. The van der Waals surface area contributed by atoms with E-state index in [0.29, 0.717) is 0 Å². The van der Waals surface area contributed by atoms with Crippen LogP contribution >= 0.6 is 23.2 Å². The Balaban J connectivity index is 2.92. The molecule has 0 bridgehead atoms. The molecule has 0 fully saturated rings. The van der Waals surface area contributed by atoms with Crippen LogP contribution < -0.4 is 10.6 Å². The first-order valence-electron chi connectivity index (χ1n) is 4.94. The highest BCUT2D eigenvalue weighted by Crippen LogP contribution is 2.30. The Morgan fingerprint density at radius 1 is 1.25 bits per heavy atom. The third-order valence-corrected chi connectivity index (χ3v) is 2.49. The first-order chi connectivity index (χ1) is 9.10. The summed E-state index contributed by atoms with van der Waals surface area (Å²) in [6, 6.07) is 0.915. The molecule has 110 valence electrons. The van der Waals surface area contributed by atoms with Gasteiger partial charge in [0.15, 0.2) is 0 Å². The normalized spacial score (nSPS) is 11.1. The lowest BCUT2D eigenvalue weighted by molar-refractivity contribution is -0.122. The number of benzene rings is 1. The van der Waals surface area contributed by atoms with Crippen molar-refractivity contribution < 1.29 is 27.9 Å². The lowest BCUT2D eigenvalue weighted by atomic mass is 10.2. The smallest absolute Gasteiger partial charge is 0.405 e. The van der Waals surface area contributed by atoms with E-state index in [1.54, 1.807) is 0 Å². The molecule has 3 N–H and O–H groups in total. The lowest BCUT2D eigenvalue weighted by Gasteiger charge is -2.13. The van der Waals surface area contributed by atoms with Crippen LogP contribution in [0, 0.1) is 0 Å². The van der Waals surface area contributed by atoms with Crippen molar-refractivity contribution in [1.29, 1.82) is 0 Å². The number of urea groups is 1. The molecular weight excluding hydrogens is 324 g/mol. The Bertz CT molecular complexity index is 549. The number of carboxylic acids is 1. The Hall–Kier alpha value is -1.67. The fourth-order valence-corrected chi connectivity index (χ4v) is 1.75. The van der Waals surface area contributed by atoms with Crippen molar-refractivity contribution in [1.82, 2.24) is 5.32 Å². The van der Waals surface area contributed by atoms with Gasteiger partial charge in [-0.3, -0.25) is 0 Å². The van der Waals surface area contributed by atoms with Gasteiger partial charge in [0.05, 0.1) is 16.3 Å². The number of carbonyl (C=O) groups is 2. The Kier molecular flexibility index (Phi) is 5.07. The zero-order chi connectivity index (χ0) is 15.5. The lowest BCUT2D eigenvalue weighted by Crippen LogP contribution is -2.37. The van der Waals surface area contributed by atoms with Gasteiger partial charge in [-0.2, -0.15) is 13.2 Å². The number of amides is 2. The van der Waals surface area contributed by atoms with Crippen LogP contribution in [-0.4, -0.2) is 29.8 Å². The van der Waals surface area contributed by atoms with Gasteiger partial charge in [0.25, 0.3) is 0 Å². The molecule has 0 aliphatic rings. The average Bonchev–Trinajstić information content (AvgIpc) is 2.28. The molecule has 1 aromatic rings. The van der Waals surface area contributed by atoms with Crippen molar-refractivity contribution in [2.45, 2.75) is 6.18 Å². The highest BCUT2D eigenvalue weighted by Gasteiger charge is 2.28. The number of alkyl halides is 3. The van der Waals surface area contributed by atoms with Gasteiger partial charge in [-0.15, -0.1) is 0 Å². The third kappa shape index (κ3) is 4.78. The van der Waals surface area contributed by atoms with Gasteiger partial charge in [-0.1, -0.05) is 23.2 Å². The second-order valence-corrected chi connectivity index (χ2v) is 4.38. The van der Waals surface area contributed by atoms with Crippen LogP contribution in [0.2, 0.25) is 10.0 Å². The zero-order valence-corrected chi connectivity index (χ0v) is 11.0. The largest absolute Gasteiger partial charge is 0.478 e. The molecule has 20 heavy (non-hydrogen) atoms. The van der Waals surface area contributed by atoms with Gasteiger partial charge in [-0.05, 0) is 12.1 Å². The highest BCUT2D eigenvalue weighted by molar-refractivity contribution is 6.37. The topological polar surface area (TPSA) is 78.4 Å². The van der Waals surface area contributed by atoms with E-state index in [9.17, 15) is 22.8 Å². The van der Waals surface area contributed by atoms with E-state index in [0.717, 1.165) is 12.1 Å². The van der Waals surface area contributed by atoms with E-state index in [-0.39, 0.29) is 15.7 Å². The van der Waals surface area contributed by atoms with Gasteiger partial charge in [-0.25, -0.2) is 9.59 Å². The van der Waals surface area contributed by atoms with Crippen LogP contribution in [0.4, 0.5) is 23.7 Å². The molecule has 1 rings (SSSR count). The number of nitrogens with one attached hydrogen (secondary N) is 2. The number of rotatable bonds is 3. The summed E-state index contributed by atoms with van der Waals surface area (Å²) in [5, 5.41) is 12.2. The minimum atomic E-state index is -4.59. The Labute approximate surface area is 120 Å². The quantitative estimate of drug-likeness (QED) is 0.795. The van der Waals surface area contributed by atoms with Crippen molar-refractivity contribution in [2.75, 3.05) is 11.9 Å². The van der Waals surface area contributed by atoms with Gasteiger partial charge < -0.3 is 15.7 Å². The van der Waals surface area contributed by atoms with Crippen LogP contribution in [0.5, 0.6) is 0 Å². The van der Waals surface area contributed by atoms with Gasteiger partial charge in [0.2, 0.25) is 0 Å². The van der Waals surface area contributed by atoms with E-state index in [1.807, 2.05) is 5.32 Å². The molecule has 0 unspecified atom stereocenters. The third-order valence-electron chi connectivity index (χ3n) is 1.97. The number of halogens is 5. The molecule has 0 saturated heterocycles. The molecule has 10 heteroatoms. The maximum atomic E-state index is 11.9. The van der Waals surface area contributed by atoms with Gasteiger partial charge >= 0.3 is 18.2 Å². The molecule has 0 saturated carbocycles. The summed E-state index contributed by atoms with van der Waals surface area (Å²) in [6.45, 7) is -1.56. The molecule has 0 aromatic heterocycles. The summed E-state index contributed by atoms with van der Waals surface area (Å²) < 4.78 is 35.7. The van der Waals surface area contributed by atoms with Crippen molar-refractivity contribution in [2.24, 2.45) is 0 Å². The first kappa shape index (κ1) is 16.4. The van der Waals surface area contributed by atoms with Crippen LogP contribution in [0.25, 0.3) is 0 Å². The predicted octanol–water partition coefficient (Wildman–Crippen LogP) is 3.38. The van der Waals surface area contributed by atoms with Crippen LogP contribution in [0.15, 0.2) is 12.1 Å². The van der Waals surface area contributed by atoms with Crippen molar-refractivity contribution in [3.8, 4) is 0 Å².